The Labute approximate surface area is 135 Å². The van der Waals surface area contributed by atoms with Gasteiger partial charge in [0.15, 0.2) is 11.6 Å². The van der Waals surface area contributed by atoms with Crippen LogP contribution in [0.25, 0.3) is 0 Å². The lowest BCUT2D eigenvalue weighted by atomic mass is 10.3. The maximum Gasteiger partial charge on any atom is 0.243 e. The molecule has 8 heteroatoms. The summed E-state index contributed by atoms with van der Waals surface area (Å²) in [7, 11) is -3.79. The van der Waals surface area contributed by atoms with Crippen LogP contribution in [0.4, 0.5) is 4.39 Å². The zero-order chi connectivity index (χ0) is 17.0. The topological polar surface area (TPSA) is 66.9 Å². The number of ether oxygens (including phenoxy) is 1. The van der Waals surface area contributed by atoms with Gasteiger partial charge in [0.2, 0.25) is 15.9 Å². The van der Waals surface area contributed by atoms with Crippen molar-refractivity contribution in [1.82, 2.24) is 9.21 Å². The molecular formula is C15H21FN2O4S. The molecule has 0 spiro atoms. The minimum Gasteiger partial charge on any atom is -0.491 e. The number of carbonyl (C=O) groups excluding carboxylic acids is 1. The second kappa shape index (κ2) is 7.27. The molecule has 0 atom stereocenters. The van der Waals surface area contributed by atoms with Gasteiger partial charge in [-0.15, -0.1) is 0 Å². The number of nitrogens with zero attached hydrogens (tertiary/aromatic N) is 2. The summed E-state index contributed by atoms with van der Waals surface area (Å²) in [5.74, 6) is -0.741. The number of amides is 1. The highest BCUT2D eigenvalue weighted by atomic mass is 32.2. The van der Waals surface area contributed by atoms with Crippen molar-refractivity contribution >= 4 is 15.9 Å². The van der Waals surface area contributed by atoms with E-state index < -0.39 is 15.8 Å². The van der Waals surface area contributed by atoms with Gasteiger partial charge in [-0.25, -0.2) is 12.8 Å². The first kappa shape index (κ1) is 17.7. The van der Waals surface area contributed by atoms with Gasteiger partial charge in [-0.05, 0) is 31.5 Å². The fraction of sp³-hybridized carbons (Fsp3) is 0.533. The Bertz CT molecular complexity index is 678. The third-order valence-electron chi connectivity index (χ3n) is 3.74. The van der Waals surface area contributed by atoms with E-state index in [0.717, 1.165) is 6.07 Å². The number of carbonyl (C=O) groups is 1. The molecule has 0 aliphatic carbocycles. The first-order chi connectivity index (χ1) is 10.9. The number of rotatable bonds is 4. The minimum absolute atomic E-state index is 0.0325. The molecule has 1 amide bonds. The lowest BCUT2D eigenvalue weighted by Gasteiger charge is -2.21. The van der Waals surface area contributed by atoms with Crippen LogP contribution in [0.5, 0.6) is 5.75 Å². The van der Waals surface area contributed by atoms with Crippen LogP contribution in [0.15, 0.2) is 23.1 Å². The molecule has 0 aromatic heterocycles. The number of sulfonamides is 1. The average Bonchev–Trinajstić information content (AvgIpc) is 2.76. The molecule has 0 unspecified atom stereocenters. The molecule has 2 rings (SSSR count). The van der Waals surface area contributed by atoms with Gasteiger partial charge < -0.3 is 9.64 Å². The number of benzene rings is 1. The van der Waals surface area contributed by atoms with Crippen LogP contribution in [-0.2, 0) is 14.8 Å². The van der Waals surface area contributed by atoms with Crippen LogP contribution in [0.3, 0.4) is 0 Å². The maximum absolute atomic E-state index is 13.9. The fourth-order valence-electron chi connectivity index (χ4n) is 2.51. The van der Waals surface area contributed by atoms with Crippen LogP contribution in [0.1, 0.15) is 20.3 Å². The molecule has 1 aliphatic rings. The third kappa shape index (κ3) is 4.00. The zero-order valence-electron chi connectivity index (χ0n) is 13.3. The predicted molar refractivity (Wildman–Crippen MR) is 83.2 cm³/mol. The Morgan fingerprint density at radius 1 is 1.26 bits per heavy atom. The van der Waals surface area contributed by atoms with Crippen molar-refractivity contribution < 1.29 is 22.3 Å². The molecule has 1 aliphatic heterocycles. The zero-order valence-corrected chi connectivity index (χ0v) is 14.1. The van der Waals surface area contributed by atoms with E-state index in [0.29, 0.717) is 32.7 Å². The molecule has 6 nitrogen and oxygen atoms in total. The van der Waals surface area contributed by atoms with Crippen molar-refractivity contribution in [2.75, 3.05) is 32.8 Å². The van der Waals surface area contributed by atoms with E-state index in [4.69, 9.17) is 4.74 Å². The van der Waals surface area contributed by atoms with Gasteiger partial charge in [0.25, 0.3) is 0 Å². The van der Waals surface area contributed by atoms with Gasteiger partial charge in [-0.1, -0.05) is 0 Å². The Morgan fingerprint density at radius 2 is 2.00 bits per heavy atom. The smallest absolute Gasteiger partial charge is 0.243 e. The number of halogens is 1. The average molecular weight is 344 g/mol. The van der Waals surface area contributed by atoms with Gasteiger partial charge in [-0.2, -0.15) is 4.31 Å². The molecule has 1 saturated heterocycles. The molecule has 0 radical (unpaired) electrons. The van der Waals surface area contributed by atoms with Crippen molar-refractivity contribution in [3.05, 3.63) is 24.0 Å². The van der Waals surface area contributed by atoms with Crippen molar-refractivity contribution in [1.29, 1.82) is 0 Å². The summed E-state index contributed by atoms with van der Waals surface area (Å²) in [6.07, 6.45) is 0.554. The quantitative estimate of drug-likeness (QED) is 0.829. The highest BCUT2D eigenvalue weighted by Gasteiger charge is 2.28. The van der Waals surface area contributed by atoms with Crippen LogP contribution in [0, 0.1) is 5.82 Å². The fourth-order valence-corrected chi connectivity index (χ4v) is 3.99. The predicted octanol–water partition coefficient (Wildman–Crippen LogP) is 1.47. The SMILES string of the molecule is CCOc1ccc(S(=O)(=O)N2CCCN(C(C)=O)CC2)cc1F. The van der Waals surface area contributed by atoms with Crippen LogP contribution >= 0.6 is 0 Å². The molecule has 23 heavy (non-hydrogen) atoms. The maximum atomic E-state index is 13.9. The van der Waals surface area contributed by atoms with Crippen LogP contribution in [-0.4, -0.2) is 56.3 Å². The molecule has 1 heterocycles. The third-order valence-corrected chi connectivity index (χ3v) is 5.64. The second-order valence-corrected chi connectivity index (χ2v) is 7.23. The molecule has 0 bridgehead atoms. The highest BCUT2D eigenvalue weighted by molar-refractivity contribution is 7.89. The largest absolute Gasteiger partial charge is 0.491 e. The summed E-state index contributed by atoms with van der Waals surface area (Å²) >= 11 is 0. The minimum atomic E-state index is -3.79. The highest BCUT2D eigenvalue weighted by Crippen LogP contribution is 2.24. The molecular weight excluding hydrogens is 323 g/mol. The lowest BCUT2D eigenvalue weighted by molar-refractivity contribution is -0.128. The van der Waals surface area contributed by atoms with Crippen LogP contribution in [0.2, 0.25) is 0 Å². The number of hydrogen-bond donors (Lipinski definition) is 0. The van der Waals surface area contributed by atoms with Gasteiger partial charge in [-0.3, -0.25) is 4.79 Å². The first-order valence-corrected chi connectivity index (χ1v) is 8.98. The van der Waals surface area contributed by atoms with Crippen molar-refractivity contribution in [2.45, 2.75) is 25.2 Å². The van der Waals surface area contributed by atoms with E-state index in [-0.39, 0.29) is 23.1 Å². The Balaban J connectivity index is 2.21. The number of hydrogen-bond acceptors (Lipinski definition) is 4. The summed E-state index contributed by atoms with van der Waals surface area (Å²) in [6, 6.07) is 3.65. The van der Waals surface area contributed by atoms with E-state index in [1.807, 2.05) is 0 Å². The second-order valence-electron chi connectivity index (χ2n) is 5.29. The Morgan fingerprint density at radius 3 is 2.61 bits per heavy atom. The molecule has 1 aromatic rings. The summed E-state index contributed by atoms with van der Waals surface area (Å²) in [4.78, 5) is 12.9. The summed E-state index contributed by atoms with van der Waals surface area (Å²) in [5, 5.41) is 0. The summed E-state index contributed by atoms with van der Waals surface area (Å²) in [5.41, 5.74) is 0. The van der Waals surface area contributed by atoms with E-state index in [2.05, 4.69) is 0 Å². The van der Waals surface area contributed by atoms with Gasteiger partial charge >= 0.3 is 0 Å². The summed E-state index contributed by atoms with van der Waals surface area (Å²) in [6.45, 7) is 4.87. The van der Waals surface area contributed by atoms with Gasteiger partial charge in [0.05, 0.1) is 11.5 Å². The van der Waals surface area contributed by atoms with Crippen molar-refractivity contribution in [3.8, 4) is 5.75 Å². The van der Waals surface area contributed by atoms with Crippen LogP contribution < -0.4 is 4.74 Å². The van der Waals surface area contributed by atoms with E-state index in [9.17, 15) is 17.6 Å². The molecule has 1 fully saturated rings. The van der Waals surface area contributed by atoms with Crippen molar-refractivity contribution in [2.24, 2.45) is 0 Å². The van der Waals surface area contributed by atoms with Crippen molar-refractivity contribution in [3.63, 3.8) is 0 Å². The Kier molecular flexibility index (Phi) is 5.59. The van der Waals surface area contributed by atoms with E-state index >= 15 is 0 Å². The molecule has 0 saturated carbocycles. The molecule has 0 N–H and O–H groups in total. The standard InChI is InChI=1S/C15H21FN2O4S/c1-3-22-15-6-5-13(11-14(15)16)23(20,21)18-8-4-7-17(9-10-18)12(2)19/h5-6,11H,3-4,7-10H2,1-2H3. The Hall–Kier alpha value is -1.67. The monoisotopic (exact) mass is 344 g/mol. The first-order valence-electron chi connectivity index (χ1n) is 7.54. The van der Waals surface area contributed by atoms with E-state index in [1.165, 1.54) is 23.4 Å². The normalized spacial score (nSPS) is 16.9. The van der Waals surface area contributed by atoms with Gasteiger partial charge in [0, 0.05) is 33.1 Å². The van der Waals surface area contributed by atoms with Gasteiger partial charge in [0.1, 0.15) is 0 Å². The lowest BCUT2D eigenvalue weighted by Crippen LogP contribution is -2.36. The summed E-state index contributed by atoms with van der Waals surface area (Å²) < 4.78 is 45.6. The van der Waals surface area contributed by atoms with E-state index in [1.54, 1.807) is 11.8 Å². The molecule has 1 aromatic carbocycles. The molecule has 128 valence electrons.